The highest BCUT2D eigenvalue weighted by molar-refractivity contribution is 6.34. The van der Waals surface area contributed by atoms with Crippen LogP contribution in [0.1, 0.15) is 18.5 Å². The van der Waals surface area contributed by atoms with Crippen LogP contribution in [0.5, 0.6) is 0 Å². The van der Waals surface area contributed by atoms with Gasteiger partial charge in [0.05, 0.1) is 28.0 Å². The molecule has 5 nitrogen and oxygen atoms in total. The Bertz CT molecular complexity index is 729. The summed E-state index contributed by atoms with van der Waals surface area (Å²) in [5.74, 6) is -0.185. The SMILES string of the molecule is CC1C(=O)Nc2cc(C#N)cc(Cl)c2-c2ccnn21. The number of nitriles is 1. The molecule has 0 saturated heterocycles. The van der Waals surface area contributed by atoms with Gasteiger partial charge in [0.1, 0.15) is 6.04 Å². The summed E-state index contributed by atoms with van der Waals surface area (Å²) < 4.78 is 1.62. The summed E-state index contributed by atoms with van der Waals surface area (Å²) in [6.45, 7) is 1.76. The molecular weight excluding hydrogens is 264 g/mol. The minimum absolute atomic E-state index is 0.185. The third-order valence-corrected chi connectivity index (χ3v) is 3.45. The van der Waals surface area contributed by atoms with E-state index in [4.69, 9.17) is 16.9 Å². The third kappa shape index (κ3) is 1.69. The highest BCUT2D eigenvalue weighted by atomic mass is 35.5. The molecule has 2 aromatic rings. The topological polar surface area (TPSA) is 70.7 Å². The fraction of sp³-hybridized carbons (Fsp3) is 0.154. The molecule has 1 atom stereocenters. The predicted molar refractivity (Wildman–Crippen MR) is 70.7 cm³/mol. The maximum Gasteiger partial charge on any atom is 0.248 e. The number of rotatable bonds is 0. The van der Waals surface area contributed by atoms with Gasteiger partial charge in [-0.1, -0.05) is 11.6 Å². The minimum Gasteiger partial charge on any atom is -0.324 e. The number of carbonyl (C=O) groups excluding carboxylic acids is 1. The first-order chi connectivity index (χ1) is 9.11. The van der Waals surface area contributed by atoms with E-state index in [9.17, 15) is 4.79 Å². The molecule has 1 N–H and O–H groups in total. The zero-order valence-corrected chi connectivity index (χ0v) is 10.8. The highest BCUT2D eigenvalue weighted by Crippen LogP contribution is 2.39. The molecule has 3 rings (SSSR count). The number of fused-ring (bicyclic) bond motifs is 3. The maximum atomic E-state index is 12.1. The molecule has 6 heteroatoms. The smallest absolute Gasteiger partial charge is 0.248 e. The van der Waals surface area contributed by atoms with E-state index >= 15 is 0 Å². The van der Waals surface area contributed by atoms with Gasteiger partial charge in [-0.2, -0.15) is 10.4 Å². The summed E-state index contributed by atoms with van der Waals surface area (Å²) in [6.07, 6.45) is 1.63. The van der Waals surface area contributed by atoms with Crippen molar-refractivity contribution in [1.82, 2.24) is 9.78 Å². The maximum absolute atomic E-state index is 12.1. The van der Waals surface area contributed by atoms with E-state index < -0.39 is 6.04 Å². The quantitative estimate of drug-likeness (QED) is 0.801. The lowest BCUT2D eigenvalue weighted by Gasteiger charge is -2.09. The van der Waals surface area contributed by atoms with Gasteiger partial charge in [-0.15, -0.1) is 0 Å². The molecule has 0 fully saturated rings. The van der Waals surface area contributed by atoms with Crippen molar-refractivity contribution in [3.63, 3.8) is 0 Å². The monoisotopic (exact) mass is 272 g/mol. The van der Waals surface area contributed by atoms with E-state index in [0.29, 0.717) is 21.8 Å². The summed E-state index contributed by atoms with van der Waals surface area (Å²) in [4.78, 5) is 12.1. The van der Waals surface area contributed by atoms with E-state index in [1.165, 1.54) is 0 Å². The van der Waals surface area contributed by atoms with Crippen molar-refractivity contribution < 1.29 is 4.79 Å². The van der Waals surface area contributed by atoms with Gasteiger partial charge in [0.25, 0.3) is 0 Å². The van der Waals surface area contributed by atoms with Crippen LogP contribution in [0.2, 0.25) is 5.02 Å². The molecule has 0 radical (unpaired) electrons. The zero-order chi connectivity index (χ0) is 13.6. The summed E-state index contributed by atoms with van der Waals surface area (Å²) in [6, 6.07) is 6.59. The fourth-order valence-corrected chi connectivity index (χ4v) is 2.52. The molecule has 1 unspecified atom stereocenters. The van der Waals surface area contributed by atoms with Crippen LogP contribution < -0.4 is 5.32 Å². The van der Waals surface area contributed by atoms with Gasteiger partial charge in [-0.05, 0) is 25.1 Å². The van der Waals surface area contributed by atoms with Crippen LogP contribution in [0.4, 0.5) is 5.69 Å². The zero-order valence-electron chi connectivity index (χ0n) is 10.0. The Morgan fingerprint density at radius 2 is 2.32 bits per heavy atom. The summed E-state index contributed by atoms with van der Waals surface area (Å²) >= 11 is 6.24. The lowest BCUT2D eigenvalue weighted by Crippen LogP contribution is -2.22. The van der Waals surface area contributed by atoms with Gasteiger partial charge in [-0.25, -0.2) is 0 Å². The molecule has 1 amide bonds. The average Bonchev–Trinajstić information content (AvgIpc) is 2.82. The van der Waals surface area contributed by atoms with Crippen molar-refractivity contribution in [2.24, 2.45) is 0 Å². The van der Waals surface area contributed by atoms with Crippen LogP contribution in [0.15, 0.2) is 24.4 Å². The van der Waals surface area contributed by atoms with Crippen molar-refractivity contribution in [3.8, 4) is 17.3 Å². The van der Waals surface area contributed by atoms with Gasteiger partial charge in [0.15, 0.2) is 0 Å². The van der Waals surface area contributed by atoms with Crippen LogP contribution in [-0.2, 0) is 4.79 Å². The molecule has 19 heavy (non-hydrogen) atoms. The Morgan fingerprint density at radius 3 is 3.05 bits per heavy atom. The van der Waals surface area contributed by atoms with Crippen LogP contribution >= 0.6 is 11.6 Å². The molecule has 1 aliphatic heterocycles. The minimum atomic E-state index is -0.431. The second-order valence-corrected chi connectivity index (χ2v) is 4.73. The Balaban J connectivity index is 2.35. The van der Waals surface area contributed by atoms with E-state index in [-0.39, 0.29) is 5.91 Å². The molecule has 94 valence electrons. The largest absolute Gasteiger partial charge is 0.324 e. The number of halogens is 1. The Labute approximate surface area is 114 Å². The van der Waals surface area contributed by atoms with E-state index in [1.807, 2.05) is 6.07 Å². The molecular formula is C13H9ClN4O. The Hall–Kier alpha value is -2.32. The van der Waals surface area contributed by atoms with Crippen molar-refractivity contribution in [2.75, 3.05) is 5.32 Å². The van der Waals surface area contributed by atoms with Crippen LogP contribution in [0.3, 0.4) is 0 Å². The van der Waals surface area contributed by atoms with Crippen molar-refractivity contribution in [1.29, 1.82) is 5.26 Å². The van der Waals surface area contributed by atoms with Crippen molar-refractivity contribution in [2.45, 2.75) is 13.0 Å². The first-order valence-electron chi connectivity index (χ1n) is 5.70. The van der Waals surface area contributed by atoms with Crippen LogP contribution in [0.25, 0.3) is 11.3 Å². The molecule has 1 aliphatic rings. The average molecular weight is 273 g/mol. The van der Waals surface area contributed by atoms with Crippen molar-refractivity contribution in [3.05, 3.63) is 35.0 Å². The number of carbonyl (C=O) groups is 1. The second kappa shape index (κ2) is 4.11. The fourth-order valence-electron chi connectivity index (χ4n) is 2.20. The number of hydrogen-bond donors (Lipinski definition) is 1. The van der Waals surface area contributed by atoms with E-state index in [0.717, 1.165) is 5.69 Å². The number of aromatic nitrogens is 2. The number of hydrogen-bond acceptors (Lipinski definition) is 3. The van der Waals surface area contributed by atoms with Gasteiger partial charge in [0, 0.05) is 11.8 Å². The lowest BCUT2D eigenvalue weighted by molar-refractivity contribution is -0.118. The lowest BCUT2D eigenvalue weighted by atomic mass is 10.1. The number of amides is 1. The molecule has 1 aromatic heterocycles. The van der Waals surface area contributed by atoms with Gasteiger partial charge < -0.3 is 5.32 Å². The van der Waals surface area contributed by atoms with Crippen LogP contribution in [0, 0.1) is 11.3 Å². The predicted octanol–water partition coefficient (Wildman–Crippen LogP) is 2.59. The van der Waals surface area contributed by atoms with Gasteiger partial charge >= 0.3 is 0 Å². The number of anilines is 1. The van der Waals surface area contributed by atoms with Crippen LogP contribution in [-0.4, -0.2) is 15.7 Å². The molecule has 0 spiro atoms. The Morgan fingerprint density at radius 1 is 1.53 bits per heavy atom. The number of nitrogens with one attached hydrogen (secondary N) is 1. The summed E-state index contributed by atoms with van der Waals surface area (Å²) in [5, 5.41) is 16.3. The van der Waals surface area contributed by atoms with E-state index in [2.05, 4.69) is 10.4 Å². The van der Waals surface area contributed by atoms with Gasteiger partial charge in [-0.3, -0.25) is 9.48 Å². The molecule has 0 aliphatic carbocycles. The highest BCUT2D eigenvalue weighted by Gasteiger charge is 2.27. The first kappa shape index (κ1) is 11.8. The first-order valence-corrected chi connectivity index (χ1v) is 6.08. The Kier molecular flexibility index (Phi) is 2.54. The number of benzene rings is 1. The molecule has 2 heterocycles. The number of nitrogens with zero attached hydrogens (tertiary/aromatic N) is 3. The normalized spacial score (nSPS) is 16.9. The second-order valence-electron chi connectivity index (χ2n) is 4.32. The summed E-state index contributed by atoms with van der Waals surface area (Å²) in [5.41, 5.74) is 2.40. The molecule has 1 aromatic carbocycles. The van der Waals surface area contributed by atoms with E-state index in [1.54, 1.807) is 36.0 Å². The standard InChI is InChI=1S/C13H9ClN4O/c1-7-13(19)17-10-5-8(6-15)4-9(14)12(10)11-2-3-16-18(7)11/h2-5,7H,1H3,(H,17,19). The third-order valence-electron chi connectivity index (χ3n) is 3.15. The molecule has 0 bridgehead atoms. The van der Waals surface area contributed by atoms with Crippen molar-refractivity contribution >= 4 is 23.2 Å². The summed E-state index contributed by atoms with van der Waals surface area (Å²) in [7, 11) is 0. The molecule has 0 saturated carbocycles. The van der Waals surface area contributed by atoms with Gasteiger partial charge in [0.2, 0.25) is 5.91 Å².